The van der Waals surface area contributed by atoms with Crippen LogP contribution in [0, 0.1) is 23.5 Å². The van der Waals surface area contributed by atoms with Gasteiger partial charge in [0.25, 0.3) is 0 Å². The molecule has 0 radical (unpaired) electrons. The predicted molar refractivity (Wildman–Crippen MR) is 102 cm³/mol. The first-order valence-corrected chi connectivity index (χ1v) is 10.5. The molecule has 2 rings (SSSR count). The summed E-state index contributed by atoms with van der Waals surface area (Å²) >= 11 is 1.45. The van der Waals surface area contributed by atoms with Crippen molar-refractivity contribution in [2.45, 2.75) is 25.3 Å². The highest BCUT2D eigenvalue weighted by Crippen LogP contribution is 2.37. The molecule has 1 heterocycles. The van der Waals surface area contributed by atoms with Gasteiger partial charge in [-0.25, -0.2) is 13.3 Å². The van der Waals surface area contributed by atoms with Gasteiger partial charge < -0.3 is 20.3 Å². The summed E-state index contributed by atoms with van der Waals surface area (Å²) in [7, 11) is -4.55. The molecule has 0 bridgehead atoms. The van der Waals surface area contributed by atoms with E-state index in [1.165, 1.54) is 11.3 Å². The fraction of sp³-hybridized carbons (Fsp3) is 0.333. The third-order valence-electron chi connectivity index (χ3n) is 3.53. The normalized spacial score (nSPS) is 13.5. The average Bonchev–Trinajstić information content (AvgIpc) is 3.02. The predicted octanol–water partition coefficient (Wildman–Crippen LogP) is 3.22. The van der Waals surface area contributed by atoms with Crippen molar-refractivity contribution in [1.82, 2.24) is 0 Å². The molecule has 6 nitrogen and oxygen atoms in total. The van der Waals surface area contributed by atoms with Crippen molar-refractivity contribution < 1.29 is 32.4 Å². The third kappa shape index (κ3) is 8.48. The van der Waals surface area contributed by atoms with Gasteiger partial charge in [-0.15, -0.1) is 11.3 Å². The molecular weight excluding hydrogens is 411 g/mol. The number of halogens is 2. The fourth-order valence-corrected chi connectivity index (χ4v) is 3.49. The Morgan fingerprint density at radius 3 is 2.57 bits per heavy atom. The van der Waals surface area contributed by atoms with Crippen LogP contribution in [0.5, 0.6) is 5.75 Å². The lowest BCUT2D eigenvalue weighted by molar-refractivity contribution is 0.154. The number of phosphoric acid groups is 1. The lowest BCUT2D eigenvalue weighted by atomic mass is 9.98. The standard InChI is InChI=1S/C18H20F2NO5PS/c1-18(21,12-26-27(22,23)24)7-6-17-5-4-16(28-17)3-2-8-25-15-10-13(19)9-14(20)11-15/h4-5,9-11H,6-8,12,21H2,1H3,(H2,22,23,24). The molecule has 2 aromatic rings. The average molecular weight is 431 g/mol. The van der Waals surface area contributed by atoms with E-state index in [9.17, 15) is 13.3 Å². The molecule has 0 saturated heterocycles. The number of thiophene rings is 1. The molecule has 1 unspecified atom stereocenters. The maximum Gasteiger partial charge on any atom is 0.469 e. The summed E-state index contributed by atoms with van der Waals surface area (Å²) in [6.45, 7) is 1.38. The Kier molecular flexibility index (Phi) is 7.72. The Morgan fingerprint density at radius 1 is 1.25 bits per heavy atom. The minimum absolute atomic E-state index is 0.0172. The van der Waals surface area contributed by atoms with E-state index in [-0.39, 0.29) is 19.0 Å². The number of phosphoric ester groups is 1. The van der Waals surface area contributed by atoms with Crippen molar-refractivity contribution in [1.29, 1.82) is 0 Å². The summed E-state index contributed by atoms with van der Waals surface area (Å²) in [6.07, 6.45) is 1.07. The van der Waals surface area contributed by atoms with E-state index in [2.05, 4.69) is 16.4 Å². The number of rotatable bonds is 8. The van der Waals surface area contributed by atoms with Crippen LogP contribution in [-0.2, 0) is 15.5 Å². The van der Waals surface area contributed by atoms with Crippen LogP contribution in [0.15, 0.2) is 30.3 Å². The van der Waals surface area contributed by atoms with E-state index in [0.717, 1.165) is 28.0 Å². The molecule has 0 aliphatic carbocycles. The zero-order chi connectivity index (χ0) is 20.8. The Bertz CT molecular complexity index is 896. The summed E-state index contributed by atoms with van der Waals surface area (Å²) in [5.41, 5.74) is 5.11. The minimum atomic E-state index is -4.55. The maximum atomic E-state index is 13.1. The highest BCUT2D eigenvalue weighted by Gasteiger charge is 2.24. The van der Waals surface area contributed by atoms with E-state index in [0.29, 0.717) is 12.8 Å². The molecule has 0 amide bonds. The Labute approximate surface area is 165 Å². The van der Waals surface area contributed by atoms with Gasteiger partial charge in [0.2, 0.25) is 0 Å². The van der Waals surface area contributed by atoms with Crippen molar-refractivity contribution in [3.63, 3.8) is 0 Å². The molecule has 4 N–H and O–H groups in total. The van der Waals surface area contributed by atoms with E-state index in [1.54, 1.807) is 6.92 Å². The van der Waals surface area contributed by atoms with Crippen molar-refractivity contribution >= 4 is 19.2 Å². The first-order chi connectivity index (χ1) is 13.0. The summed E-state index contributed by atoms with van der Waals surface area (Å²) < 4.78 is 46.5. The number of benzene rings is 1. The van der Waals surface area contributed by atoms with Crippen LogP contribution in [0.4, 0.5) is 8.78 Å². The van der Waals surface area contributed by atoms with Crippen molar-refractivity contribution in [3.05, 3.63) is 51.7 Å². The molecule has 1 aromatic carbocycles. The van der Waals surface area contributed by atoms with Gasteiger partial charge in [-0.1, -0.05) is 11.8 Å². The van der Waals surface area contributed by atoms with Crippen LogP contribution in [0.1, 0.15) is 23.1 Å². The lowest BCUT2D eigenvalue weighted by Gasteiger charge is -2.24. The zero-order valence-corrected chi connectivity index (χ0v) is 16.7. The zero-order valence-electron chi connectivity index (χ0n) is 15.0. The molecule has 10 heteroatoms. The summed E-state index contributed by atoms with van der Waals surface area (Å²) in [6, 6.07) is 6.63. The topological polar surface area (TPSA) is 102 Å². The number of hydrogen-bond acceptors (Lipinski definition) is 5. The van der Waals surface area contributed by atoms with Crippen LogP contribution < -0.4 is 10.5 Å². The summed E-state index contributed by atoms with van der Waals surface area (Å²) in [4.78, 5) is 19.3. The number of aryl methyl sites for hydroxylation is 1. The molecule has 1 atom stereocenters. The molecule has 0 spiro atoms. The third-order valence-corrected chi connectivity index (χ3v) is 5.05. The molecule has 28 heavy (non-hydrogen) atoms. The van der Waals surface area contributed by atoms with Gasteiger partial charge in [-0.05, 0) is 31.9 Å². The van der Waals surface area contributed by atoms with Gasteiger partial charge in [0.05, 0.1) is 11.5 Å². The van der Waals surface area contributed by atoms with Crippen LogP contribution >= 0.6 is 19.2 Å². The largest absolute Gasteiger partial charge is 0.481 e. The first-order valence-electron chi connectivity index (χ1n) is 8.18. The molecular formula is C18H20F2NO5PS. The second kappa shape index (κ2) is 9.61. The highest BCUT2D eigenvalue weighted by atomic mass is 32.1. The van der Waals surface area contributed by atoms with E-state index in [4.69, 9.17) is 20.3 Å². The molecule has 0 fully saturated rings. The smallest absolute Gasteiger partial charge is 0.469 e. The van der Waals surface area contributed by atoms with Gasteiger partial charge in [0.15, 0.2) is 0 Å². The number of ether oxygens (including phenoxy) is 1. The van der Waals surface area contributed by atoms with E-state index >= 15 is 0 Å². The van der Waals surface area contributed by atoms with Crippen LogP contribution in [-0.4, -0.2) is 28.5 Å². The van der Waals surface area contributed by atoms with E-state index < -0.39 is 25.0 Å². The molecule has 1 aromatic heterocycles. The second-order valence-electron chi connectivity index (χ2n) is 6.38. The Hall–Kier alpha value is -1.79. The number of hydrogen-bond donors (Lipinski definition) is 3. The quantitative estimate of drug-likeness (QED) is 0.438. The minimum Gasteiger partial charge on any atom is -0.481 e. The Morgan fingerprint density at radius 2 is 1.93 bits per heavy atom. The van der Waals surface area contributed by atoms with Gasteiger partial charge in [0, 0.05) is 28.6 Å². The second-order valence-corrected chi connectivity index (χ2v) is 8.79. The molecule has 152 valence electrons. The van der Waals surface area contributed by atoms with Gasteiger partial charge in [0.1, 0.15) is 24.0 Å². The van der Waals surface area contributed by atoms with Gasteiger partial charge in [-0.2, -0.15) is 0 Å². The fourth-order valence-electron chi connectivity index (χ4n) is 2.15. The molecule has 0 saturated carbocycles. The molecule has 0 aliphatic heterocycles. The number of nitrogens with two attached hydrogens (primary N) is 1. The summed E-state index contributed by atoms with van der Waals surface area (Å²) in [5, 5.41) is 0. The summed E-state index contributed by atoms with van der Waals surface area (Å²) in [5.74, 6) is 4.31. The van der Waals surface area contributed by atoms with Crippen molar-refractivity contribution in [3.8, 4) is 17.6 Å². The maximum absolute atomic E-state index is 13.1. The van der Waals surface area contributed by atoms with Crippen LogP contribution in [0.25, 0.3) is 0 Å². The van der Waals surface area contributed by atoms with E-state index in [1.807, 2.05) is 12.1 Å². The Balaban J connectivity index is 1.82. The van der Waals surface area contributed by atoms with Gasteiger partial charge >= 0.3 is 7.82 Å². The van der Waals surface area contributed by atoms with Crippen molar-refractivity contribution in [2.24, 2.45) is 5.73 Å². The SMILES string of the molecule is CC(N)(CCc1ccc(C#CCOc2cc(F)cc(F)c2)s1)COP(=O)(O)O. The lowest BCUT2D eigenvalue weighted by Crippen LogP contribution is -2.41. The van der Waals surface area contributed by atoms with Crippen molar-refractivity contribution in [2.75, 3.05) is 13.2 Å². The monoisotopic (exact) mass is 431 g/mol. The van der Waals surface area contributed by atoms with Gasteiger partial charge in [-0.3, -0.25) is 4.52 Å². The van der Waals surface area contributed by atoms with Crippen LogP contribution in [0.2, 0.25) is 0 Å². The first kappa shape index (κ1) is 22.5. The molecule has 0 aliphatic rings. The van der Waals surface area contributed by atoms with Crippen LogP contribution in [0.3, 0.4) is 0 Å². The highest BCUT2D eigenvalue weighted by molar-refractivity contribution is 7.46.